The minimum Gasteiger partial charge on any atom is -0.394 e. The van der Waals surface area contributed by atoms with E-state index in [9.17, 15) is 14.7 Å². The highest BCUT2D eigenvalue weighted by atomic mass is 32.2. The molecule has 0 fully saturated rings. The summed E-state index contributed by atoms with van der Waals surface area (Å²) in [5.74, 6) is 0.769. The summed E-state index contributed by atoms with van der Waals surface area (Å²) in [6.45, 7) is 0.692. The van der Waals surface area contributed by atoms with E-state index < -0.39 is 0 Å². The second-order valence-corrected chi connectivity index (χ2v) is 9.93. The molecule has 2 atom stereocenters. The number of nitrogens with zero attached hydrogens (tertiary/aromatic N) is 3. The molecule has 3 heterocycles. The number of benzene rings is 2. The number of carbonyl (C=O) groups excluding carboxylic acids is 2. The molecule has 7 nitrogen and oxygen atoms in total. The zero-order chi connectivity index (χ0) is 23.8. The first-order valence-electron chi connectivity index (χ1n) is 11.7. The number of aliphatic hydroxyl groups is 1. The Hall–Kier alpha value is -2.97. The molecule has 0 radical (unpaired) electrons. The van der Waals surface area contributed by atoms with E-state index in [1.807, 2.05) is 60.7 Å². The molecule has 1 aromatic heterocycles. The van der Waals surface area contributed by atoms with Gasteiger partial charge in [0.15, 0.2) is 0 Å². The molecular weight excluding hydrogens is 448 g/mol. The number of hydrogen-bond acceptors (Lipinski definition) is 5. The monoisotopic (exact) mass is 478 g/mol. The molecule has 2 unspecified atom stereocenters. The Morgan fingerprint density at radius 3 is 2.76 bits per heavy atom. The summed E-state index contributed by atoms with van der Waals surface area (Å²) in [4.78, 5) is 30.6. The molecular formula is C26H30N4O3S. The Morgan fingerprint density at radius 2 is 1.97 bits per heavy atom. The first-order chi connectivity index (χ1) is 16.5. The van der Waals surface area contributed by atoms with Gasteiger partial charge in [0.1, 0.15) is 12.7 Å². The van der Waals surface area contributed by atoms with Gasteiger partial charge in [0.25, 0.3) is 5.91 Å². The van der Waals surface area contributed by atoms with Gasteiger partial charge in [-0.1, -0.05) is 30.3 Å². The average Bonchev–Trinajstić information content (AvgIpc) is 3.18. The number of carbonyl (C=O) groups is 2. The van der Waals surface area contributed by atoms with Crippen molar-refractivity contribution >= 4 is 40.2 Å². The zero-order valence-electron chi connectivity index (χ0n) is 19.5. The summed E-state index contributed by atoms with van der Waals surface area (Å²) in [6, 6.07) is 15.6. The number of thioether (sulfide) groups is 1. The van der Waals surface area contributed by atoms with Crippen LogP contribution in [0.2, 0.25) is 0 Å². The van der Waals surface area contributed by atoms with E-state index >= 15 is 0 Å². The van der Waals surface area contributed by atoms with Gasteiger partial charge < -0.3 is 24.8 Å². The fourth-order valence-corrected chi connectivity index (χ4v) is 5.89. The maximum Gasteiger partial charge on any atom is 0.257 e. The smallest absolute Gasteiger partial charge is 0.257 e. The summed E-state index contributed by atoms with van der Waals surface area (Å²) in [7, 11) is 2.02. The van der Waals surface area contributed by atoms with Gasteiger partial charge in [0, 0.05) is 24.5 Å². The van der Waals surface area contributed by atoms with Gasteiger partial charge in [-0.25, -0.2) is 0 Å². The van der Waals surface area contributed by atoms with Crippen molar-refractivity contribution in [2.75, 3.05) is 37.1 Å². The molecule has 0 bridgehead atoms. The Bertz CT molecular complexity index is 1240. The molecule has 8 heteroatoms. The van der Waals surface area contributed by atoms with Gasteiger partial charge >= 0.3 is 0 Å². The molecule has 34 heavy (non-hydrogen) atoms. The Balaban J connectivity index is 1.57. The van der Waals surface area contributed by atoms with Crippen molar-refractivity contribution in [3.63, 3.8) is 0 Å². The van der Waals surface area contributed by atoms with Gasteiger partial charge in [-0.15, -0.1) is 0 Å². The quantitative estimate of drug-likeness (QED) is 0.546. The molecule has 2 aliphatic rings. The van der Waals surface area contributed by atoms with Crippen LogP contribution in [-0.2, 0) is 17.8 Å². The molecule has 2 N–H and O–H groups in total. The van der Waals surface area contributed by atoms with Crippen molar-refractivity contribution in [1.82, 2.24) is 14.8 Å². The van der Waals surface area contributed by atoms with E-state index in [2.05, 4.69) is 20.9 Å². The van der Waals surface area contributed by atoms with Crippen molar-refractivity contribution in [2.24, 2.45) is 0 Å². The molecule has 2 aromatic carbocycles. The van der Waals surface area contributed by atoms with Crippen LogP contribution in [0.4, 0.5) is 5.69 Å². The number of aliphatic hydroxyl groups excluding tert-OH is 1. The van der Waals surface area contributed by atoms with Gasteiger partial charge in [-0.2, -0.15) is 11.8 Å². The van der Waals surface area contributed by atoms with Crippen LogP contribution in [0.3, 0.4) is 0 Å². The minimum absolute atomic E-state index is 0.0306. The second-order valence-electron chi connectivity index (χ2n) is 8.95. The van der Waals surface area contributed by atoms with Gasteiger partial charge in [-0.05, 0) is 48.6 Å². The number of nitrogens with one attached hydrogen (secondary N) is 1. The molecule has 0 saturated carbocycles. The zero-order valence-corrected chi connectivity index (χ0v) is 20.3. The van der Waals surface area contributed by atoms with E-state index in [0.717, 1.165) is 40.9 Å². The number of hydrogen-bond donors (Lipinski definition) is 2. The van der Waals surface area contributed by atoms with Crippen LogP contribution in [0.1, 0.15) is 34.2 Å². The molecule has 178 valence electrons. The van der Waals surface area contributed by atoms with Crippen molar-refractivity contribution in [3.05, 3.63) is 65.4 Å². The van der Waals surface area contributed by atoms with Crippen LogP contribution in [0.5, 0.6) is 0 Å². The van der Waals surface area contributed by atoms with E-state index in [1.165, 1.54) is 5.56 Å². The van der Waals surface area contributed by atoms with Crippen LogP contribution in [0.25, 0.3) is 10.9 Å². The molecule has 0 saturated heterocycles. The van der Waals surface area contributed by atoms with E-state index in [1.54, 1.807) is 11.8 Å². The number of fused-ring (bicyclic) bond motifs is 6. The molecule has 0 aliphatic carbocycles. The van der Waals surface area contributed by atoms with Crippen LogP contribution in [0, 0.1) is 0 Å². The fraction of sp³-hybridized carbons (Fsp3) is 0.385. The van der Waals surface area contributed by atoms with E-state index in [4.69, 9.17) is 0 Å². The van der Waals surface area contributed by atoms with Crippen molar-refractivity contribution in [3.8, 4) is 0 Å². The van der Waals surface area contributed by atoms with Gasteiger partial charge in [0.05, 0.1) is 29.6 Å². The van der Waals surface area contributed by atoms with Crippen molar-refractivity contribution in [1.29, 1.82) is 0 Å². The van der Waals surface area contributed by atoms with Gasteiger partial charge in [-0.3, -0.25) is 9.59 Å². The van der Waals surface area contributed by atoms with Crippen molar-refractivity contribution < 1.29 is 14.7 Å². The van der Waals surface area contributed by atoms with Crippen LogP contribution < -0.4 is 10.2 Å². The lowest BCUT2D eigenvalue weighted by atomic mass is 9.96. The van der Waals surface area contributed by atoms with Crippen LogP contribution in [-0.4, -0.2) is 64.6 Å². The number of anilines is 1. The Morgan fingerprint density at radius 1 is 1.21 bits per heavy atom. The molecule has 3 aromatic rings. The SMILES string of the molecule is CSCCC(CO)NC(=O)Cn1c2c(c3ccccc31)CCN1C(=O)c3ccccc3N(C)C21. The predicted octanol–water partition coefficient (Wildman–Crippen LogP) is 3.02. The van der Waals surface area contributed by atoms with Crippen LogP contribution >= 0.6 is 11.8 Å². The fourth-order valence-electron chi connectivity index (χ4n) is 5.37. The summed E-state index contributed by atoms with van der Waals surface area (Å²) in [5.41, 5.74) is 4.81. The summed E-state index contributed by atoms with van der Waals surface area (Å²) < 4.78 is 2.07. The number of aromatic nitrogens is 1. The molecule has 2 aliphatic heterocycles. The third-order valence-corrected chi connectivity index (χ3v) is 7.61. The predicted molar refractivity (Wildman–Crippen MR) is 136 cm³/mol. The topological polar surface area (TPSA) is 77.8 Å². The van der Waals surface area contributed by atoms with Crippen molar-refractivity contribution in [2.45, 2.75) is 31.6 Å². The van der Waals surface area contributed by atoms with Gasteiger partial charge in [0.2, 0.25) is 5.91 Å². The molecule has 2 amide bonds. The average molecular weight is 479 g/mol. The third kappa shape index (κ3) is 3.75. The van der Waals surface area contributed by atoms with E-state index in [-0.39, 0.29) is 37.2 Å². The number of para-hydroxylation sites is 2. The highest BCUT2D eigenvalue weighted by Gasteiger charge is 2.42. The molecule has 5 rings (SSSR count). The number of amides is 2. The second kappa shape index (κ2) is 9.35. The minimum atomic E-state index is -0.281. The van der Waals surface area contributed by atoms with Crippen LogP contribution in [0.15, 0.2) is 48.5 Å². The summed E-state index contributed by atoms with van der Waals surface area (Å²) >= 11 is 1.69. The van der Waals surface area contributed by atoms with E-state index in [0.29, 0.717) is 12.1 Å². The first kappa shape index (κ1) is 22.8. The molecule has 0 spiro atoms. The maximum atomic E-state index is 13.4. The lowest BCUT2D eigenvalue weighted by molar-refractivity contribution is -0.122. The first-order valence-corrected chi connectivity index (χ1v) is 13.1. The lowest BCUT2D eigenvalue weighted by Gasteiger charge is -2.46. The standard InChI is InChI=1S/C26H30N4O3S/c1-28-21-9-5-4-8-20(21)26(33)29-13-11-19-18-7-3-6-10-22(18)30(24(19)25(28)29)15-23(32)27-17(16-31)12-14-34-2/h3-10,17,25,31H,11-16H2,1-2H3,(H,27,32). The highest BCUT2D eigenvalue weighted by Crippen LogP contribution is 2.44. The normalized spacial score (nSPS) is 17.9. The summed E-state index contributed by atoms with van der Waals surface area (Å²) in [6.07, 6.45) is 3.20. The highest BCUT2D eigenvalue weighted by molar-refractivity contribution is 7.98. The lowest BCUT2D eigenvalue weighted by Crippen LogP contribution is -2.51. The third-order valence-electron chi connectivity index (χ3n) is 6.96. The Kier molecular flexibility index (Phi) is 6.27. The largest absolute Gasteiger partial charge is 0.394 e. The maximum absolute atomic E-state index is 13.4. The Labute approximate surface area is 203 Å². The summed E-state index contributed by atoms with van der Waals surface area (Å²) in [5, 5.41) is 13.9. The number of rotatable bonds is 7.